The van der Waals surface area contributed by atoms with Gasteiger partial charge in [0.15, 0.2) is 0 Å². The zero-order valence-electron chi connectivity index (χ0n) is 11.4. The maximum absolute atomic E-state index is 10.2. The first-order chi connectivity index (χ1) is 9.33. The molecule has 3 atom stereocenters. The molecule has 0 saturated carbocycles. The molecule has 0 bridgehead atoms. The van der Waals surface area contributed by atoms with Crippen LogP contribution in [0.4, 0.5) is 0 Å². The first-order valence-electron chi connectivity index (χ1n) is 7.37. The van der Waals surface area contributed by atoms with Gasteiger partial charge in [-0.05, 0) is 30.7 Å². The zero-order chi connectivity index (χ0) is 13.1. The molecule has 2 aliphatic heterocycles. The molecule has 0 radical (unpaired) electrons. The van der Waals surface area contributed by atoms with Gasteiger partial charge in [0.2, 0.25) is 0 Å². The Balaban J connectivity index is 1.63. The Morgan fingerprint density at radius 3 is 2.79 bits per heavy atom. The van der Waals surface area contributed by atoms with Crippen molar-refractivity contribution in [2.24, 2.45) is 5.92 Å². The molecule has 2 saturated heterocycles. The average Bonchev–Trinajstić information content (AvgIpc) is 3.05. The number of rotatable bonds is 4. The topological polar surface area (TPSA) is 32.7 Å². The summed E-state index contributed by atoms with van der Waals surface area (Å²) in [5.74, 6) is 0.656. The third-order valence-corrected chi connectivity index (χ3v) is 4.43. The average molecular weight is 261 g/mol. The second-order valence-electron chi connectivity index (χ2n) is 5.84. The molecule has 3 nitrogen and oxygen atoms in total. The van der Waals surface area contributed by atoms with Crippen LogP contribution in [0.2, 0.25) is 0 Å². The molecule has 19 heavy (non-hydrogen) atoms. The number of ether oxygens (including phenoxy) is 1. The number of likely N-dealkylation sites (tertiary alicyclic amines) is 1. The first-order valence-corrected chi connectivity index (χ1v) is 7.37. The number of hydrogen-bond acceptors (Lipinski definition) is 3. The van der Waals surface area contributed by atoms with Gasteiger partial charge < -0.3 is 9.84 Å². The second-order valence-corrected chi connectivity index (χ2v) is 5.84. The summed E-state index contributed by atoms with van der Waals surface area (Å²) in [6.45, 7) is 3.90. The van der Waals surface area contributed by atoms with Crippen LogP contribution in [0.5, 0.6) is 0 Å². The predicted molar refractivity (Wildman–Crippen MR) is 75.1 cm³/mol. The highest BCUT2D eigenvalue weighted by Gasteiger charge is 2.34. The maximum Gasteiger partial charge on any atom is 0.0710 e. The fourth-order valence-corrected chi connectivity index (χ4v) is 3.31. The summed E-state index contributed by atoms with van der Waals surface area (Å²) >= 11 is 0. The molecule has 2 aliphatic rings. The summed E-state index contributed by atoms with van der Waals surface area (Å²) in [6, 6.07) is 10.8. The van der Waals surface area contributed by atoms with Crippen molar-refractivity contribution in [2.75, 3.05) is 26.3 Å². The van der Waals surface area contributed by atoms with Gasteiger partial charge in [-0.25, -0.2) is 0 Å². The largest absolute Gasteiger partial charge is 0.391 e. The molecule has 0 spiro atoms. The highest BCUT2D eigenvalue weighted by atomic mass is 16.5. The van der Waals surface area contributed by atoms with Crippen molar-refractivity contribution < 1.29 is 9.84 Å². The van der Waals surface area contributed by atoms with Gasteiger partial charge in [0.1, 0.15) is 0 Å². The Morgan fingerprint density at radius 2 is 2.05 bits per heavy atom. The van der Waals surface area contributed by atoms with Crippen LogP contribution in [-0.2, 0) is 11.2 Å². The van der Waals surface area contributed by atoms with Gasteiger partial charge >= 0.3 is 0 Å². The van der Waals surface area contributed by atoms with E-state index in [-0.39, 0.29) is 12.1 Å². The Morgan fingerprint density at radius 1 is 1.21 bits per heavy atom. The van der Waals surface area contributed by atoms with Gasteiger partial charge in [-0.1, -0.05) is 30.3 Å². The van der Waals surface area contributed by atoms with Gasteiger partial charge in [0.05, 0.1) is 12.7 Å². The minimum absolute atomic E-state index is 0.178. The van der Waals surface area contributed by atoms with Crippen molar-refractivity contribution in [1.29, 1.82) is 0 Å². The molecule has 2 fully saturated rings. The molecular weight excluding hydrogens is 238 g/mol. The summed E-state index contributed by atoms with van der Waals surface area (Å²) in [5, 5.41) is 10.2. The predicted octanol–water partition coefficient (Wildman–Crippen LogP) is 1.70. The molecule has 1 aromatic rings. The minimum Gasteiger partial charge on any atom is -0.391 e. The van der Waals surface area contributed by atoms with Crippen molar-refractivity contribution in [3.63, 3.8) is 0 Å². The standard InChI is InChI=1S/C16H23NO2/c18-16-6-8-17(11-14-7-9-19-12-14)15(16)10-13-4-2-1-3-5-13/h1-5,14-16,18H,6-12H2/t14-,15-,16-/m0/s1. The number of aliphatic hydroxyl groups excluding tert-OH is 1. The quantitative estimate of drug-likeness (QED) is 0.895. The van der Waals surface area contributed by atoms with E-state index in [2.05, 4.69) is 29.2 Å². The van der Waals surface area contributed by atoms with E-state index in [0.717, 1.165) is 39.1 Å². The summed E-state index contributed by atoms with van der Waals surface area (Å²) in [6.07, 6.45) is 2.85. The first kappa shape index (κ1) is 13.1. The molecule has 104 valence electrons. The molecular formula is C16H23NO2. The lowest BCUT2D eigenvalue weighted by Gasteiger charge is -2.28. The Bertz CT molecular complexity index is 389. The molecule has 3 rings (SSSR count). The SMILES string of the molecule is O[C@H]1CCN(C[C@@H]2CCOC2)[C@H]1Cc1ccccc1. The van der Waals surface area contributed by atoms with E-state index in [9.17, 15) is 5.11 Å². The van der Waals surface area contributed by atoms with Gasteiger partial charge in [-0.3, -0.25) is 4.90 Å². The molecule has 2 heterocycles. The summed E-state index contributed by atoms with van der Waals surface area (Å²) < 4.78 is 5.46. The van der Waals surface area contributed by atoms with E-state index in [4.69, 9.17) is 4.74 Å². The molecule has 1 N–H and O–H groups in total. The van der Waals surface area contributed by atoms with E-state index in [1.807, 2.05) is 6.07 Å². The Labute approximate surface area is 115 Å². The Hall–Kier alpha value is -0.900. The number of benzene rings is 1. The van der Waals surface area contributed by atoms with Crippen LogP contribution in [-0.4, -0.2) is 48.5 Å². The summed E-state index contributed by atoms with van der Waals surface area (Å²) in [5.41, 5.74) is 1.32. The molecule has 0 aliphatic carbocycles. The fraction of sp³-hybridized carbons (Fsp3) is 0.625. The fourth-order valence-electron chi connectivity index (χ4n) is 3.31. The number of hydrogen-bond donors (Lipinski definition) is 1. The zero-order valence-corrected chi connectivity index (χ0v) is 11.4. The van der Waals surface area contributed by atoms with Crippen LogP contribution >= 0.6 is 0 Å². The second kappa shape index (κ2) is 6.04. The summed E-state index contributed by atoms with van der Waals surface area (Å²) in [7, 11) is 0. The van der Waals surface area contributed by atoms with E-state index in [1.54, 1.807) is 0 Å². The third kappa shape index (κ3) is 3.16. The highest BCUT2D eigenvalue weighted by Crippen LogP contribution is 2.25. The molecule has 0 amide bonds. The van der Waals surface area contributed by atoms with Gasteiger partial charge in [0.25, 0.3) is 0 Å². The van der Waals surface area contributed by atoms with Crippen LogP contribution in [0, 0.1) is 5.92 Å². The van der Waals surface area contributed by atoms with Crippen LogP contribution in [0.15, 0.2) is 30.3 Å². The smallest absolute Gasteiger partial charge is 0.0710 e. The van der Waals surface area contributed by atoms with Gasteiger partial charge in [0, 0.05) is 25.7 Å². The number of nitrogens with zero attached hydrogens (tertiary/aromatic N) is 1. The lowest BCUT2D eigenvalue weighted by molar-refractivity contribution is 0.103. The lowest BCUT2D eigenvalue weighted by atomic mass is 10.0. The van der Waals surface area contributed by atoms with Crippen molar-refractivity contribution in [2.45, 2.75) is 31.4 Å². The minimum atomic E-state index is -0.178. The van der Waals surface area contributed by atoms with Crippen LogP contribution in [0.3, 0.4) is 0 Å². The van der Waals surface area contributed by atoms with Crippen molar-refractivity contribution in [3.05, 3.63) is 35.9 Å². The Kier molecular flexibility index (Phi) is 4.16. The molecule has 0 aromatic heterocycles. The van der Waals surface area contributed by atoms with E-state index in [1.165, 1.54) is 12.0 Å². The van der Waals surface area contributed by atoms with Gasteiger partial charge in [-0.15, -0.1) is 0 Å². The van der Waals surface area contributed by atoms with Crippen LogP contribution in [0.1, 0.15) is 18.4 Å². The monoisotopic (exact) mass is 261 g/mol. The lowest BCUT2D eigenvalue weighted by Crippen LogP contribution is -2.40. The van der Waals surface area contributed by atoms with E-state index >= 15 is 0 Å². The van der Waals surface area contributed by atoms with Crippen molar-refractivity contribution in [1.82, 2.24) is 4.90 Å². The van der Waals surface area contributed by atoms with Crippen molar-refractivity contribution in [3.8, 4) is 0 Å². The van der Waals surface area contributed by atoms with Gasteiger partial charge in [-0.2, -0.15) is 0 Å². The third-order valence-electron chi connectivity index (χ3n) is 4.43. The van der Waals surface area contributed by atoms with E-state index < -0.39 is 0 Å². The molecule has 0 unspecified atom stereocenters. The van der Waals surface area contributed by atoms with Crippen LogP contribution < -0.4 is 0 Å². The van der Waals surface area contributed by atoms with Crippen LogP contribution in [0.25, 0.3) is 0 Å². The van der Waals surface area contributed by atoms with E-state index in [0.29, 0.717) is 5.92 Å². The highest BCUT2D eigenvalue weighted by molar-refractivity contribution is 5.17. The summed E-state index contributed by atoms with van der Waals surface area (Å²) in [4.78, 5) is 2.47. The normalized spacial score (nSPS) is 31.9. The molecule has 3 heteroatoms. The number of aliphatic hydroxyl groups is 1. The van der Waals surface area contributed by atoms with Crippen molar-refractivity contribution >= 4 is 0 Å². The maximum atomic E-state index is 10.2. The molecule has 1 aromatic carbocycles.